The third kappa shape index (κ3) is 5.62. The van der Waals surface area contributed by atoms with Crippen molar-refractivity contribution in [1.29, 1.82) is 0 Å². The van der Waals surface area contributed by atoms with Crippen molar-refractivity contribution in [3.63, 3.8) is 0 Å². The van der Waals surface area contributed by atoms with E-state index in [0.29, 0.717) is 12.3 Å². The van der Waals surface area contributed by atoms with E-state index in [9.17, 15) is 14.7 Å². The number of benzene rings is 2. The van der Waals surface area contributed by atoms with Gasteiger partial charge in [-0.1, -0.05) is 24.3 Å². The molecule has 0 saturated carbocycles. The fourth-order valence-electron chi connectivity index (χ4n) is 4.55. The SMILES string of the molecule is COc1ccccc1N1CCN(CCCN2C(=O)C(CC(=O)O)CSc3ccccc32)CC1. The first-order valence-corrected chi connectivity index (χ1v) is 12.4. The minimum Gasteiger partial charge on any atom is -0.495 e. The number of piperazine rings is 1. The molecule has 1 N–H and O–H groups in total. The van der Waals surface area contributed by atoms with Gasteiger partial charge in [-0.3, -0.25) is 14.5 Å². The number of hydrogen-bond donors (Lipinski definition) is 1. The summed E-state index contributed by atoms with van der Waals surface area (Å²) in [5, 5.41) is 9.26. The van der Waals surface area contributed by atoms with Gasteiger partial charge in [-0.25, -0.2) is 0 Å². The number of nitrogens with zero attached hydrogens (tertiary/aromatic N) is 3. The van der Waals surface area contributed by atoms with E-state index in [2.05, 4.69) is 15.9 Å². The molecule has 0 aromatic heterocycles. The Morgan fingerprint density at radius 3 is 2.45 bits per heavy atom. The molecular formula is C25H31N3O4S. The number of fused-ring (bicyclic) bond motifs is 1. The lowest BCUT2D eigenvalue weighted by Crippen LogP contribution is -2.47. The molecule has 176 valence electrons. The lowest BCUT2D eigenvalue weighted by Gasteiger charge is -2.37. The Morgan fingerprint density at radius 1 is 1.03 bits per heavy atom. The molecule has 0 bridgehead atoms. The molecule has 2 aromatic carbocycles. The molecule has 1 atom stereocenters. The third-order valence-electron chi connectivity index (χ3n) is 6.29. The van der Waals surface area contributed by atoms with Crippen molar-refractivity contribution in [3.05, 3.63) is 48.5 Å². The smallest absolute Gasteiger partial charge is 0.304 e. The summed E-state index contributed by atoms with van der Waals surface area (Å²) in [6, 6.07) is 16.0. The van der Waals surface area contributed by atoms with E-state index in [0.717, 1.165) is 61.2 Å². The minimum absolute atomic E-state index is 0.0733. The van der Waals surface area contributed by atoms with Crippen LogP contribution in [0.25, 0.3) is 0 Å². The van der Waals surface area contributed by atoms with Crippen molar-refractivity contribution in [2.75, 3.05) is 61.9 Å². The quantitative estimate of drug-likeness (QED) is 0.635. The van der Waals surface area contributed by atoms with Gasteiger partial charge in [0, 0.05) is 43.4 Å². The second-order valence-corrected chi connectivity index (χ2v) is 9.48. The second-order valence-electron chi connectivity index (χ2n) is 8.42. The number of amides is 1. The van der Waals surface area contributed by atoms with Gasteiger partial charge in [0.25, 0.3) is 0 Å². The van der Waals surface area contributed by atoms with Gasteiger partial charge < -0.3 is 19.6 Å². The van der Waals surface area contributed by atoms with Crippen LogP contribution < -0.4 is 14.5 Å². The highest BCUT2D eigenvalue weighted by atomic mass is 32.2. The number of rotatable bonds is 8. The molecular weight excluding hydrogens is 438 g/mol. The first-order chi connectivity index (χ1) is 16.1. The maximum atomic E-state index is 13.2. The summed E-state index contributed by atoms with van der Waals surface area (Å²) in [6.45, 7) is 5.29. The van der Waals surface area contributed by atoms with Crippen molar-refractivity contribution < 1.29 is 19.4 Å². The van der Waals surface area contributed by atoms with Crippen LogP contribution in [-0.4, -0.2) is 74.0 Å². The van der Waals surface area contributed by atoms with Crippen molar-refractivity contribution >= 4 is 35.0 Å². The molecule has 1 saturated heterocycles. The monoisotopic (exact) mass is 469 g/mol. The largest absolute Gasteiger partial charge is 0.495 e. The van der Waals surface area contributed by atoms with Crippen molar-refractivity contribution in [3.8, 4) is 5.75 Å². The zero-order chi connectivity index (χ0) is 23.2. The zero-order valence-corrected chi connectivity index (χ0v) is 19.8. The summed E-state index contributed by atoms with van der Waals surface area (Å²) < 4.78 is 5.51. The van der Waals surface area contributed by atoms with Crippen LogP contribution in [0, 0.1) is 5.92 Å². The summed E-state index contributed by atoms with van der Waals surface area (Å²) in [4.78, 5) is 32.2. The van der Waals surface area contributed by atoms with E-state index in [4.69, 9.17) is 4.74 Å². The Kier molecular flexibility index (Phi) is 7.77. The summed E-state index contributed by atoms with van der Waals surface area (Å²) in [6.07, 6.45) is 0.723. The number of anilines is 2. The van der Waals surface area contributed by atoms with Crippen molar-refractivity contribution in [2.45, 2.75) is 17.7 Å². The summed E-state index contributed by atoms with van der Waals surface area (Å²) in [5.41, 5.74) is 2.04. The highest BCUT2D eigenvalue weighted by molar-refractivity contribution is 7.99. The van der Waals surface area contributed by atoms with E-state index in [-0.39, 0.29) is 12.3 Å². The van der Waals surface area contributed by atoms with Gasteiger partial charge >= 0.3 is 5.97 Å². The first-order valence-electron chi connectivity index (χ1n) is 11.4. The molecule has 2 aliphatic rings. The fraction of sp³-hybridized carbons (Fsp3) is 0.440. The normalized spacial score (nSPS) is 19.2. The number of aliphatic carboxylic acids is 1. The lowest BCUT2D eigenvalue weighted by atomic mass is 10.1. The third-order valence-corrected chi connectivity index (χ3v) is 7.51. The lowest BCUT2D eigenvalue weighted by molar-refractivity contribution is -0.140. The molecule has 2 aromatic rings. The predicted octanol–water partition coefficient (Wildman–Crippen LogP) is 3.44. The number of para-hydroxylation sites is 3. The molecule has 2 aliphatic heterocycles. The van der Waals surface area contributed by atoms with Gasteiger partial charge in [-0.2, -0.15) is 0 Å². The molecule has 8 heteroatoms. The van der Waals surface area contributed by atoms with Crippen LogP contribution in [0.5, 0.6) is 5.75 Å². The molecule has 1 fully saturated rings. The number of methoxy groups -OCH3 is 1. The molecule has 1 unspecified atom stereocenters. The Bertz CT molecular complexity index is 978. The van der Waals surface area contributed by atoms with Crippen LogP contribution in [0.3, 0.4) is 0 Å². The Morgan fingerprint density at radius 2 is 1.73 bits per heavy atom. The summed E-state index contributed by atoms with van der Waals surface area (Å²) in [7, 11) is 1.71. The maximum Gasteiger partial charge on any atom is 0.304 e. The standard InChI is InChI=1S/C25H31N3O4S/c1-32-22-9-4-2-7-20(22)27-15-13-26(14-16-27)11-6-12-28-21-8-3-5-10-23(21)33-18-19(25(28)31)17-24(29)30/h2-5,7-10,19H,6,11-18H2,1H3,(H,29,30). The first kappa shape index (κ1) is 23.4. The van der Waals surface area contributed by atoms with E-state index in [1.807, 2.05) is 47.4 Å². The number of hydrogen-bond acceptors (Lipinski definition) is 6. The Balaban J connectivity index is 1.34. The van der Waals surface area contributed by atoms with Gasteiger partial charge in [-0.15, -0.1) is 11.8 Å². The predicted molar refractivity (Wildman–Crippen MR) is 132 cm³/mol. The summed E-state index contributed by atoms with van der Waals surface area (Å²) >= 11 is 1.58. The Labute approximate surface area is 199 Å². The number of ether oxygens (including phenoxy) is 1. The van der Waals surface area contributed by atoms with Crippen LogP contribution in [0.4, 0.5) is 11.4 Å². The molecule has 2 heterocycles. The number of carbonyl (C=O) groups is 2. The minimum atomic E-state index is -0.923. The van der Waals surface area contributed by atoms with E-state index < -0.39 is 11.9 Å². The van der Waals surface area contributed by atoms with Crippen LogP contribution in [-0.2, 0) is 9.59 Å². The second kappa shape index (κ2) is 10.9. The number of thioether (sulfide) groups is 1. The summed E-state index contributed by atoms with van der Waals surface area (Å²) in [5.74, 6) is -0.0881. The van der Waals surface area contributed by atoms with Gasteiger partial charge in [-0.05, 0) is 37.2 Å². The molecule has 0 radical (unpaired) electrons. The van der Waals surface area contributed by atoms with E-state index in [1.165, 1.54) is 0 Å². The van der Waals surface area contributed by atoms with Crippen LogP contribution in [0.15, 0.2) is 53.4 Å². The van der Waals surface area contributed by atoms with Crippen molar-refractivity contribution in [2.24, 2.45) is 5.92 Å². The van der Waals surface area contributed by atoms with Crippen LogP contribution >= 0.6 is 11.8 Å². The number of carboxylic acids is 1. The average Bonchev–Trinajstić information content (AvgIpc) is 2.96. The topological polar surface area (TPSA) is 73.3 Å². The molecule has 1 amide bonds. The molecule has 4 rings (SSSR count). The highest BCUT2D eigenvalue weighted by Gasteiger charge is 2.32. The van der Waals surface area contributed by atoms with Gasteiger partial charge in [0.15, 0.2) is 0 Å². The maximum absolute atomic E-state index is 13.2. The van der Waals surface area contributed by atoms with Crippen molar-refractivity contribution in [1.82, 2.24) is 4.90 Å². The van der Waals surface area contributed by atoms with E-state index in [1.54, 1.807) is 18.9 Å². The van der Waals surface area contributed by atoms with E-state index >= 15 is 0 Å². The Hall–Kier alpha value is -2.71. The van der Waals surface area contributed by atoms with Gasteiger partial charge in [0.2, 0.25) is 5.91 Å². The van der Waals surface area contributed by atoms with Crippen LogP contribution in [0.1, 0.15) is 12.8 Å². The van der Waals surface area contributed by atoms with Gasteiger partial charge in [0.1, 0.15) is 5.75 Å². The molecule has 7 nitrogen and oxygen atoms in total. The average molecular weight is 470 g/mol. The highest BCUT2D eigenvalue weighted by Crippen LogP contribution is 2.37. The molecule has 33 heavy (non-hydrogen) atoms. The number of carbonyl (C=O) groups excluding carboxylic acids is 1. The molecule has 0 aliphatic carbocycles. The van der Waals surface area contributed by atoms with Crippen LogP contribution in [0.2, 0.25) is 0 Å². The molecule has 0 spiro atoms. The fourth-order valence-corrected chi connectivity index (χ4v) is 5.69. The number of carboxylic acid groups (broad SMARTS) is 1. The zero-order valence-electron chi connectivity index (χ0n) is 19.0. The van der Waals surface area contributed by atoms with Gasteiger partial charge in [0.05, 0.1) is 30.8 Å².